The second kappa shape index (κ2) is 14.2. The van der Waals surface area contributed by atoms with E-state index >= 15 is 0 Å². The third kappa shape index (κ3) is 6.80. The van der Waals surface area contributed by atoms with Gasteiger partial charge in [0.05, 0.1) is 35.5 Å². The smallest absolute Gasteiger partial charge is 0.324 e. The van der Waals surface area contributed by atoms with E-state index in [1.165, 1.54) is 22.4 Å². The molecular formula is C28H41N7O4S. The third-order valence-electron chi connectivity index (χ3n) is 7.18. The fourth-order valence-electron chi connectivity index (χ4n) is 4.74. The van der Waals surface area contributed by atoms with Crippen LogP contribution in [0.2, 0.25) is 0 Å². The van der Waals surface area contributed by atoms with Gasteiger partial charge in [-0.3, -0.25) is 9.69 Å². The van der Waals surface area contributed by atoms with E-state index in [0.717, 1.165) is 16.7 Å². The van der Waals surface area contributed by atoms with E-state index in [0.29, 0.717) is 66.7 Å². The van der Waals surface area contributed by atoms with Crippen LogP contribution in [-0.4, -0.2) is 73.2 Å². The first-order chi connectivity index (χ1) is 19.3. The fraction of sp³-hybridized carbons (Fsp3) is 0.500. The summed E-state index contributed by atoms with van der Waals surface area (Å²) in [5.74, 6) is 0.455. The van der Waals surface area contributed by atoms with Crippen LogP contribution in [-0.2, 0) is 16.1 Å². The fourth-order valence-corrected chi connectivity index (χ4v) is 5.79. The number of ether oxygens (including phenoxy) is 1. The van der Waals surface area contributed by atoms with Crippen molar-refractivity contribution >= 4 is 50.5 Å². The van der Waals surface area contributed by atoms with Gasteiger partial charge in [-0.2, -0.15) is 0 Å². The number of likely N-dealkylation sites (tertiary alicyclic amines) is 1. The Hall–Kier alpha value is -3.48. The average molecular weight is 572 g/mol. The largest absolute Gasteiger partial charge is 0.466 e. The molecule has 1 fully saturated rings. The zero-order valence-electron chi connectivity index (χ0n) is 23.8. The van der Waals surface area contributed by atoms with E-state index in [2.05, 4.69) is 27.1 Å². The molecule has 1 aromatic heterocycles. The molecule has 0 bridgehead atoms. The number of carbonyl (C=O) groups excluding carboxylic acids is 2. The van der Waals surface area contributed by atoms with Crippen LogP contribution in [0.4, 0.5) is 9.93 Å². The van der Waals surface area contributed by atoms with E-state index in [9.17, 15) is 14.7 Å². The quantitative estimate of drug-likeness (QED) is 0.172. The summed E-state index contributed by atoms with van der Waals surface area (Å²) in [5, 5.41) is 16.4. The number of aliphatic hydroxyl groups is 1. The maximum Gasteiger partial charge on any atom is 0.324 e. The van der Waals surface area contributed by atoms with Crippen LogP contribution in [0, 0.1) is 5.41 Å². The lowest BCUT2D eigenvalue weighted by Crippen LogP contribution is -2.44. The third-order valence-corrected chi connectivity index (χ3v) is 8.35. The van der Waals surface area contributed by atoms with E-state index in [1.54, 1.807) is 13.3 Å². The monoisotopic (exact) mass is 571 g/mol. The Morgan fingerprint density at radius 3 is 2.62 bits per heavy atom. The molecule has 2 aromatic rings. The number of aliphatic hydroxyl groups excluding tert-OH is 1. The number of nitrogens with two attached hydrogens (primary N) is 1. The number of carbonyl (C=O) groups is 2. The van der Waals surface area contributed by atoms with Crippen LogP contribution in [0.1, 0.15) is 51.2 Å². The van der Waals surface area contributed by atoms with Gasteiger partial charge < -0.3 is 31.1 Å². The number of esters is 1. The Balaban J connectivity index is 1.81. The molecule has 0 aliphatic carbocycles. The number of anilines is 1. The van der Waals surface area contributed by atoms with E-state index in [-0.39, 0.29) is 25.3 Å². The number of nitrogens with one attached hydrogen (secondary N) is 2. The maximum absolute atomic E-state index is 12.6. The van der Waals surface area contributed by atoms with Gasteiger partial charge in [0.25, 0.3) is 0 Å². The van der Waals surface area contributed by atoms with Crippen LogP contribution in [0.5, 0.6) is 0 Å². The molecule has 0 saturated carbocycles. The molecule has 1 aromatic carbocycles. The molecule has 0 unspecified atom stereocenters. The Morgan fingerprint density at radius 1 is 1.32 bits per heavy atom. The molecular weight excluding hydrogens is 530 g/mol. The highest BCUT2D eigenvalue weighted by Gasteiger charge is 2.41. The number of nitrogens with zero attached hydrogens (tertiary/aromatic N) is 4. The number of amides is 2. The van der Waals surface area contributed by atoms with Crippen molar-refractivity contribution in [1.82, 2.24) is 20.5 Å². The molecule has 218 valence electrons. The van der Waals surface area contributed by atoms with Crippen molar-refractivity contribution in [3.05, 3.63) is 41.9 Å². The second-order valence-electron chi connectivity index (χ2n) is 9.55. The predicted molar refractivity (Wildman–Crippen MR) is 161 cm³/mol. The number of aromatic nitrogens is 1. The highest BCUT2D eigenvalue weighted by molar-refractivity contribution is 7.22. The van der Waals surface area contributed by atoms with Crippen molar-refractivity contribution in [1.29, 1.82) is 0 Å². The molecule has 0 radical (unpaired) electrons. The lowest BCUT2D eigenvalue weighted by atomic mass is 9.76. The molecule has 2 heterocycles. The minimum absolute atomic E-state index is 0.125. The first-order valence-corrected chi connectivity index (χ1v) is 14.4. The number of aliphatic imine (C=N–C) groups is 1. The number of fused-ring (bicyclic) bond motifs is 1. The van der Waals surface area contributed by atoms with E-state index < -0.39 is 5.41 Å². The van der Waals surface area contributed by atoms with Crippen LogP contribution in [0.15, 0.2) is 35.7 Å². The number of urea groups is 1. The zero-order chi connectivity index (χ0) is 29.3. The van der Waals surface area contributed by atoms with Gasteiger partial charge >= 0.3 is 12.0 Å². The highest BCUT2D eigenvalue weighted by Crippen LogP contribution is 2.37. The normalized spacial score (nSPS) is 15.4. The first-order valence-electron chi connectivity index (χ1n) is 13.6. The standard InChI is InChI=1S/C28H41N7O4S/c1-6-28(25(37)39-8-3)9-11-34(12-10-28)19(4)32-16-22(15-29)20-13-21(17-36)24-23(14-20)33-27(40-24)35(18-30-5)26(38)31-7-2/h13-16,30,36H,4,6-12,17-18,29H2,1-3,5H3,(H,31,38)/b22-15+,32-16-. The van der Waals surface area contributed by atoms with Crippen LogP contribution >= 0.6 is 11.3 Å². The second-order valence-corrected chi connectivity index (χ2v) is 10.5. The molecule has 0 atom stereocenters. The summed E-state index contributed by atoms with van der Waals surface area (Å²) >= 11 is 1.34. The first kappa shape index (κ1) is 31.1. The number of hydrogen-bond donors (Lipinski definition) is 4. The van der Waals surface area contributed by atoms with Gasteiger partial charge in [0.15, 0.2) is 5.13 Å². The number of hydrogen-bond acceptors (Lipinski definition) is 10. The maximum atomic E-state index is 12.6. The van der Waals surface area contributed by atoms with Gasteiger partial charge in [-0.15, -0.1) is 0 Å². The average Bonchev–Trinajstić information content (AvgIpc) is 3.39. The Kier molecular flexibility index (Phi) is 11.1. The predicted octanol–water partition coefficient (Wildman–Crippen LogP) is 3.40. The molecule has 1 saturated heterocycles. The van der Waals surface area contributed by atoms with Gasteiger partial charge in [-0.05, 0) is 63.4 Å². The minimum atomic E-state index is -0.457. The Bertz CT molecular complexity index is 1260. The van der Waals surface area contributed by atoms with Gasteiger partial charge in [-0.1, -0.05) is 24.8 Å². The van der Waals surface area contributed by atoms with Crippen molar-refractivity contribution in [3.8, 4) is 0 Å². The highest BCUT2D eigenvalue weighted by atomic mass is 32.1. The number of rotatable bonds is 12. The molecule has 0 spiro atoms. The summed E-state index contributed by atoms with van der Waals surface area (Å²) in [6.45, 7) is 12.1. The number of allylic oxidation sites excluding steroid dienone is 1. The summed E-state index contributed by atoms with van der Waals surface area (Å²) in [7, 11) is 1.76. The molecule has 11 nitrogen and oxygen atoms in total. The summed E-state index contributed by atoms with van der Waals surface area (Å²) in [6, 6.07) is 3.46. The minimum Gasteiger partial charge on any atom is -0.466 e. The van der Waals surface area contributed by atoms with Gasteiger partial charge in [-0.25, -0.2) is 14.8 Å². The van der Waals surface area contributed by atoms with Crippen LogP contribution < -0.4 is 21.3 Å². The Labute approximate surface area is 239 Å². The lowest BCUT2D eigenvalue weighted by Gasteiger charge is -2.40. The molecule has 5 N–H and O–H groups in total. The van der Waals surface area contributed by atoms with E-state index in [4.69, 9.17) is 15.5 Å². The summed E-state index contributed by atoms with van der Waals surface area (Å²) < 4.78 is 6.12. The molecule has 40 heavy (non-hydrogen) atoms. The molecule has 1 aliphatic rings. The zero-order valence-corrected chi connectivity index (χ0v) is 24.6. The van der Waals surface area contributed by atoms with Gasteiger partial charge in [0, 0.05) is 37.6 Å². The Morgan fingerprint density at radius 2 is 2.05 bits per heavy atom. The van der Waals surface area contributed by atoms with Crippen molar-refractivity contribution in [3.63, 3.8) is 0 Å². The van der Waals surface area contributed by atoms with Crippen LogP contribution in [0.3, 0.4) is 0 Å². The van der Waals surface area contributed by atoms with Crippen molar-refractivity contribution in [2.24, 2.45) is 16.1 Å². The number of piperidine rings is 1. The number of thiazole rings is 1. The van der Waals surface area contributed by atoms with Gasteiger partial charge in [0.1, 0.15) is 5.82 Å². The summed E-state index contributed by atoms with van der Waals surface area (Å²) in [6.07, 6.45) is 5.19. The summed E-state index contributed by atoms with van der Waals surface area (Å²) in [5.41, 5.74) is 8.22. The molecule has 3 rings (SSSR count). The SMILES string of the molecule is C=C(/N=C\C(=C/N)c1cc(CO)c2sc(N(CNC)C(=O)NCC)nc2c1)N1CCC(CC)(C(=O)OCC)CC1. The van der Waals surface area contributed by atoms with Crippen molar-refractivity contribution < 1.29 is 19.4 Å². The molecule has 12 heteroatoms. The van der Waals surface area contributed by atoms with Crippen molar-refractivity contribution in [2.45, 2.75) is 46.6 Å². The van der Waals surface area contributed by atoms with Crippen LogP contribution in [0.25, 0.3) is 15.8 Å². The molecule has 2 amide bonds. The number of benzene rings is 1. The molecule has 1 aliphatic heterocycles. The van der Waals surface area contributed by atoms with Crippen molar-refractivity contribution in [2.75, 3.05) is 44.9 Å². The van der Waals surface area contributed by atoms with Gasteiger partial charge in [0.2, 0.25) is 0 Å². The lowest BCUT2D eigenvalue weighted by molar-refractivity contribution is -0.158. The summed E-state index contributed by atoms with van der Waals surface area (Å²) in [4.78, 5) is 38.0. The topological polar surface area (TPSA) is 145 Å². The van der Waals surface area contributed by atoms with E-state index in [1.807, 2.05) is 32.9 Å².